The Balaban J connectivity index is 0.000000206. The fraction of sp³-hybridized carbons (Fsp3) is 0.480. The van der Waals surface area contributed by atoms with E-state index in [1.165, 1.54) is 38.1 Å². The van der Waals surface area contributed by atoms with Crippen molar-refractivity contribution in [3.05, 3.63) is 141 Å². The van der Waals surface area contributed by atoms with Gasteiger partial charge in [0.2, 0.25) is 11.8 Å². The van der Waals surface area contributed by atoms with E-state index in [4.69, 9.17) is 9.47 Å². The summed E-state index contributed by atoms with van der Waals surface area (Å²) in [4.78, 5) is 23.6. The molecule has 2 aliphatic heterocycles. The Hall–Kier alpha value is -5.24. The summed E-state index contributed by atoms with van der Waals surface area (Å²) >= 11 is 0. The Labute approximate surface area is 393 Å². The molecule has 2 saturated carbocycles. The first-order chi connectivity index (χ1) is 32.6. The number of rotatable bonds is 10. The highest BCUT2D eigenvalue weighted by molar-refractivity contribution is 5.79. The van der Waals surface area contributed by atoms with Crippen LogP contribution >= 0.6 is 0 Å². The van der Waals surface area contributed by atoms with Crippen LogP contribution in [0.4, 0.5) is 61.5 Å². The smallest absolute Gasteiger partial charge is 0.370 e. The molecule has 4 fully saturated rings. The van der Waals surface area contributed by atoms with Gasteiger partial charge in [-0.15, -0.1) is 0 Å². The molecule has 0 bridgehead atoms. The number of hydrogen-bond donors (Lipinski definition) is 2. The van der Waals surface area contributed by atoms with Crippen LogP contribution in [-0.4, -0.2) is 36.1 Å². The Morgan fingerprint density at radius 2 is 0.757 bits per heavy atom. The lowest BCUT2D eigenvalue weighted by Gasteiger charge is -2.31. The summed E-state index contributed by atoms with van der Waals surface area (Å²) in [6.45, 7) is 2.84. The lowest BCUT2D eigenvalue weighted by atomic mass is 9.82. The Morgan fingerprint density at radius 1 is 0.457 bits per heavy atom. The lowest BCUT2D eigenvalue weighted by Crippen LogP contribution is -2.36. The van der Waals surface area contributed by atoms with Gasteiger partial charge in [0.25, 0.3) is 0 Å². The summed E-state index contributed by atoms with van der Waals surface area (Å²) < 4.78 is 199. The third kappa shape index (κ3) is 12.4. The van der Waals surface area contributed by atoms with E-state index in [1.54, 1.807) is 24.3 Å². The first-order valence-electron chi connectivity index (χ1n) is 22.6. The predicted molar refractivity (Wildman–Crippen MR) is 226 cm³/mol. The third-order valence-corrected chi connectivity index (χ3v) is 13.8. The van der Waals surface area contributed by atoms with Crippen LogP contribution in [0.2, 0.25) is 0 Å². The molecule has 2 amide bonds. The van der Waals surface area contributed by atoms with Gasteiger partial charge in [-0.05, 0) is 147 Å². The van der Waals surface area contributed by atoms with Crippen molar-refractivity contribution in [2.45, 2.75) is 138 Å². The van der Waals surface area contributed by atoms with Crippen LogP contribution in [-0.2, 0) is 43.8 Å². The summed E-state index contributed by atoms with van der Waals surface area (Å²) in [6, 6.07) is 14.2. The Kier molecular flexibility index (Phi) is 15.4. The minimum Gasteiger partial charge on any atom is -0.370 e. The molecule has 2 N–H and O–H groups in total. The number of nitrogens with one attached hydrogen (secondary N) is 2. The average Bonchev–Trinajstić information content (AvgIpc) is 4.10. The predicted octanol–water partition coefficient (Wildman–Crippen LogP) is 13.6. The maximum atomic E-state index is 13.5. The van der Waals surface area contributed by atoms with E-state index in [2.05, 4.69) is 10.6 Å². The van der Waals surface area contributed by atoms with Crippen LogP contribution in [0.25, 0.3) is 0 Å². The van der Waals surface area contributed by atoms with Crippen molar-refractivity contribution in [2.75, 3.05) is 0 Å². The number of ether oxygens (including phenoxy) is 2. The number of carbonyl (C=O) groups is 2. The maximum Gasteiger partial charge on any atom is 0.416 e. The molecule has 0 aromatic heterocycles. The summed E-state index contributed by atoms with van der Waals surface area (Å²) in [5.74, 6) is -1.77. The van der Waals surface area contributed by atoms with Crippen LogP contribution < -0.4 is 10.6 Å². The van der Waals surface area contributed by atoms with Crippen LogP contribution in [0.5, 0.6) is 0 Å². The van der Waals surface area contributed by atoms with Gasteiger partial charge >= 0.3 is 24.7 Å². The van der Waals surface area contributed by atoms with Gasteiger partial charge in [0.1, 0.15) is 11.6 Å². The zero-order chi connectivity index (χ0) is 51.1. The number of benzene rings is 4. The average molecular weight is 1010 g/mol. The summed E-state index contributed by atoms with van der Waals surface area (Å²) in [6.07, 6.45) is -18.8. The summed E-state index contributed by atoms with van der Waals surface area (Å²) in [5, 5.41) is 5.88. The van der Waals surface area contributed by atoms with Gasteiger partial charge in [0, 0.05) is 36.8 Å². The molecule has 4 aromatic rings. The summed E-state index contributed by atoms with van der Waals surface area (Å²) in [5.41, 5.74) is -4.57. The molecule has 6 nitrogen and oxygen atoms in total. The molecule has 70 heavy (non-hydrogen) atoms. The van der Waals surface area contributed by atoms with Gasteiger partial charge in [0.15, 0.2) is 0 Å². The van der Waals surface area contributed by atoms with Crippen molar-refractivity contribution in [2.24, 2.45) is 11.8 Å². The van der Waals surface area contributed by atoms with Crippen molar-refractivity contribution < 1.29 is 80.5 Å². The number of alkyl halides is 12. The Bertz CT molecular complexity index is 2240. The number of amides is 2. The molecule has 0 unspecified atom stereocenters. The van der Waals surface area contributed by atoms with Gasteiger partial charge < -0.3 is 20.1 Å². The van der Waals surface area contributed by atoms with E-state index in [0.29, 0.717) is 75.6 Å². The highest BCUT2D eigenvalue weighted by atomic mass is 19.4. The molecular weight excluding hydrogens is 959 g/mol. The van der Waals surface area contributed by atoms with Crippen molar-refractivity contribution >= 4 is 11.8 Å². The number of halogens is 14. The standard InChI is InChI=1S/2C25H24F7NO2/c2*1-13(15-10-16(24(27,28)29)12-17(11-15)25(30,31)32)35-21-8-6-19(20-7-9-22(34)33-20)23(21)14-2-4-18(26)5-3-14/h2*2-5,10-13,19-21,23H,6-9H2,1H3,(H,33,34)/t13-,19+,20+,21+,23+;13-,19+,20-,21+,23+/m11/s1. The molecule has 20 heteroatoms. The molecule has 0 radical (unpaired) electrons. The van der Waals surface area contributed by atoms with Crippen LogP contribution in [0.15, 0.2) is 84.9 Å². The Morgan fingerprint density at radius 3 is 1.01 bits per heavy atom. The molecule has 4 aliphatic rings. The van der Waals surface area contributed by atoms with Crippen molar-refractivity contribution in [3.63, 3.8) is 0 Å². The van der Waals surface area contributed by atoms with E-state index in [-0.39, 0.29) is 70.8 Å². The maximum absolute atomic E-state index is 13.5. The largest absolute Gasteiger partial charge is 0.416 e. The number of carbonyl (C=O) groups excluding carboxylic acids is 2. The van der Waals surface area contributed by atoms with Crippen molar-refractivity contribution in [1.82, 2.24) is 10.6 Å². The summed E-state index contributed by atoms with van der Waals surface area (Å²) in [7, 11) is 0. The van der Waals surface area contributed by atoms with E-state index in [1.807, 2.05) is 0 Å². The highest BCUT2D eigenvalue weighted by Gasteiger charge is 2.47. The van der Waals surface area contributed by atoms with E-state index < -0.39 is 83.0 Å². The topological polar surface area (TPSA) is 76.7 Å². The molecular formula is C50H48F14N2O4. The van der Waals surface area contributed by atoms with Crippen LogP contribution in [0.3, 0.4) is 0 Å². The second-order valence-corrected chi connectivity index (χ2v) is 18.4. The van der Waals surface area contributed by atoms with E-state index in [9.17, 15) is 71.1 Å². The molecule has 2 saturated heterocycles. The van der Waals surface area contributed by atoms with Gasteiger partial charge in [-0.2, -0.15) is 52.7 Å². The zero-order valence-corrected chi connectivity index (χ0v) is 37.4. The van der Waals surface area contributed by atoms with Gasteiger partial charge in [-0.1, -0.05) is 24.3 Å². The molecule has 0 spiro atoms. The van der Waals surface area contributed by atoms with Crippen molar-refractivity contribution in [1.29, 1.82) is 0 Å². The third-order valence-electron chi connectivity index (χ3n) is 13.8. The minimum absolute atomic E-state index is 0.0589. The molecule has 2 aliphatic carbocycles. The van der Waals surface area contributed by atoms with Gasteiger partial charge in [-0.25, -0.2) is 8.78 Å². The van der Waals surface area contributed by atoms with Gasteiger partial charge in [0.05, 0.1) is 46.7 Å². The fourth-order valence-electron chi connectivity index (χ4n) is 10.5. The number of hydrogen-bond acceptors (Lipinski definition) is 4. The van der Waals surface area contributed by atoms with Crippen LogP contribution in [0.1, 0.15) is 134 Å². The molecule has 4 aromatic carbocycles. The van der Waals surface area contributed by atoms with Crippen LogP contribution in [0, 0.1) is 23.5 Å². The quantitative estimate of drug-likeness (QED) is 0.155. The fourth-order valence-corrected chi connectivity index (χ4v) is 10.5. The van der Waals surface area contributed by atoms with Crippen molar-refractivity contribution in [3.8, 4) is 0 Å². The second kappa shape index (κ2) is 20.5. The van der Waals surface area contributed by atoms with Gasteiger partial charge in [-0.3, -0.25) is 9.59 Å². The first-order valence-corrected chi connectivity index (χ1v) is 22.6. The monoisotopic (exact) mass is 1010 g/mol. The second-order valence-electron chi connectivity index (χ2n) is 18.4. The first kappa shape index (κ1) is 52.6. The molecule has 380 valence electrons. The normalized spacial score (nSPS) is 26.1. The SMILES string of the molecule is C[C@@H](O[C@H]1CC[C@@H]([C@@H]2CCC(=O)N2)[C@@H]1c1ccc(F)cc1)c1cc(C(F)(F)F)cc(C(F)(F)F)c1.C[C@@H](O[C@H]1CC[C@@H]([C@H]2CCC(=O)N2)[C@@H]1c1ccc(F)cc1)c1cc(C(F)(F)F)cc(C(F)(F)F)c1. The molecule has 8 rings (SSSR count). The molecule has 10 atom stereocenters. The molecule has 2 heterocycles. The van der Waals surface area contributed by atoms with E-state index in [0.717, 1.165) is 11.1 Å². The minimum atomic E-state index is -4.95. The lowest BCUT2D eigenvalue weighted by molar-refractivity contribution is -0.145. The highest BCUT2D eigenvalue weighted by Crippen LogP contribution is 2.49. The van der Waals surface area contributed by atoms with E-state index >= 15 is 0 Å². The zero-order valence-electron chi connectivity index (χ0n) is 37.4.